The van der Waals surface area contributed by atoms with Gasteiger partial charge in [-0.2, -0.15) is 0 Å². The summed E-state index contributed by atoms with van der Waals surface area (Å²) in [6, 6.07) is 3.89. The van der Waals surface area contributed by atoms with Gasteiger partial charge in [-0.15, -0.1) is 0 Å². The van der Waals surface area contributed by atoms with E-state index in [2.05, 4.69) is 38.5 Å². The summed E-state index contributed by atoms with van der Waals surface area (Å²) in [7, 11) is -0.374. The minimum absolute atomic E-state index is 0.334. The third-order valence-corrected chi connectivity index (χ3v) is 6.68. The van der Waals surface area contributed by atoms with Gasteiger partial charge in [0.2, 0.25) is 0 Å². The maximum absolute atomic E-state index is 6.19. The quantitative estimate of drug-likeness (QED) is 0.371. The van der Waals surface area contributed by atoms with Crippen molar-refractivity contribution in [2.24, 2.45) is 0 Å². The second-order valence-corrected chi connectivity index (χ2v) is 7.73. The molecule has 0 radical (unpaired) electrons. The first-order chi connectivity index (χ1) is 8.14. The van der Waals surface area contributed by atoms with Gasteiger partial charge in [0.15, 0.2) is 0 Å². The zero-order valence-electron chi connectivity index (χ0n) is 10.7. The summed E-state index contributed by atoms with van der Waals surface area (Å²) in [6.45, 7) is 8.15. The van der Waals surface area contributed by atoms with Crippen molar-refractivity contribution in [3.8, 4) is 0 Å². The Hall–Kier alpha value is 0.705. The first-order valence-electron chi connectivity index (χ1n) is 5.64. The molecular weight excluding hydrogens is 429 g/mol. The van der Waals surface area contributed by atoms with Gasteiger partial charge in [-0.3, -0.25) is 0 Å². The van der Waals surface area contributed by atoms with Crippen LogP contribution in [0.2, 0.25) is 5.02 Å². The second-order valence-electron chi connectivity index (χ2n) is 5.39. The van der Waals surface area contributed by atoms with Crippen molar-refractivity contribution in [2.75, 3.05) is 0 Å². The van der Waals surface area contributed by atoms with Crippen LogP contribution in [0.15, 0.2) is 16.6 Å². The molecule has 0 N–H and O–H groups in total. The molecular formula is C12H14BBrClIO2. The molecule has 0 aliphatic carbocycles. The first kappa shape index (κ1) is 15.1. The minimum Gasteiger partial charge on any atom is -0.399 e. The summed E-state index contributed by atoms with van der Waals surface area (Å²) in [6.07, 6.45) is 0. The predicted molar refractivity (Wildman–Crippen MR) is 87.6 cm³/mol. The van der Waals surface area contributed by atoms with E-state index in [9.17, 15) is 0 Å². The number of benzene rings is 1. The van der Waals surface area contributed by atoms with Crippen molar-refractivity contribution in [3.05, 3.63) is 25.2 Å². The average molecular weight is 443 g/mol. The lowest BCUT2D eigenvalue weighted by Crippen LogP contribution is -2.41. The lowest BCUT2D eigenvalue weighted by molar-refractivity contribution is 0.00578. The van der Waals surface area contributed by atoms with Crippen LogP contribution in [0.25, 0.3) is 0 Å². The van der Waals surface area contributed by atoms with E-state index < -0.39 is 0 Å². The number of rotatable bonds is 1. The fourth-order valence-electron chi connectivity index (χ4n) is 1.69. The lowest BCUT2D eigenvalue weighted by atomic mass is 9.79. The Bertz CT molecular complexity index is 454. The maximum Gasteiger partial charge on any atom is 0.494 e. The van der Waals surface area contributed by atoms with Crippen molar-refractivity contribution in [2.45, 2.75) is 38.9 Å². The van der Waals surface area contributed by atoms with E-state index in [1.54, 1.807) is 0 Å². The predicted octanol–water partition coefficient (Wildman–Crippen LogP) is 4.01. The van der Waals surface area contributed by atoms with Crippen LogP contribution in [-0.2, 0) is 9.31 Å². The summed E-state index contributed by atoms with van der Waals surface area (Å²) < 4.78 is 13.9. The van der Waals surface area contributed by atoms with E-state index in [1.165, 1.54) is 0 Å². The standard InChI is InChI=1S/C12H14BBrClIO2/c1-11(2)12(3,4)18-13(17-11)7-5-8(14)10(16)9(15)6-7/h5-6H,1-4H3. The Balaban J connectivity index is 2.36. The molecule has 0 saturated carbocycles. The molecule has 1 fully saturated rings. The van der Waals surface area contributed by atoms with Crippen LogP contribution < -0.4 is 5.46 Å². The number of halogens is 3. The highest BCUT2D eigenvalue weighted by Gasteiger charge is 2.51. The summed E-state index contributed by atoms with van der Waals surface area (Å²) in [4.78, 5) is 0. The van der Waals surface area contributed by atoms with Gasteiger partial charge in [0.25, 0.3) is 0 Å². The molecule has 0 atom stereocenters. The molecule has 6 heteroatoms. The Labute approximate surface area is 135 Å². The molecule has 1 saturated heterocycles. The fourth-order valence-corrected chi connectivity index (χ4v) is 2.82. The van der Waals surface area contributed by atoms with E-state index in [0.29, 0.717) is 5.02 Å². The molecule has 0 aromatic heterocycles. The summed E-state index contributed by atoms with van der Waals surface area (Å²) in [5.41, 5.74) is 0.269. The molecule has 0 amide bonds. The molecule has 0 spiro atoms. The second kappa shape index (κ2) is 4.92. The van der Waals surface area contributed by atoms with Gasteiger partial charge >= 0.3 is 7.12 Å². The molecule has 1 aliphatic heterocycles. The van der Waals surface area contributed by atoms with E-state index in [4.69, 9.17) is 20.9 Å². The van der Waals surface area contributed by atoms with Gasteiger partial charge in [0, 0.05) is 8.04 Å². The monoisotopic (exact) mass is 442 g/mol. The van der Waals surface area contributed by atoms with Crippen LogP contribution in [0.4, 0.5) is 0 Å². The topological polar surface area (TPSA) is 18.5 Å². The zero-order chi connectivity index (χ0) is 13.7. The van der Waals surface area contributed by atoms with Crippen molar-refractivity contribution in [3.63, 3.8) is 0 Å². The van der Waals surface area contributed by atoms with Crippen LogP contribution in [0.5, 0.6) is 0 Å². The third-order valence-electron chi connectivity index (χ3n) is 3.53. The average Bonchev–Trinajstić information content (AvgIpc) is 2.44. The van der Waals surface area contributed by atoms with Gasteiger partial charge in [0.1, 0.15) is 0 Å². The highest BCUT2D eigenvalue weighted by atomic mass is 127. The van der Waals surface area contributed by atoms with Gasteiger partial charge in [-0.05, 0) is 83.8 Å². The number of hydrogen-bond donors (Lipinski definition) is 0. The van der Waals surface area contributed by atoms with Gasteiger partial charge in [0.05, 0.1) is 16.2 Å². The Morgan fingerprint density at radius 1 is 1.17 bits per heavy atom. The fraction of sp³-hybridized carbons (Fsp3) is 0.500. The molecule has 1 heterocycles. The summed E-state index contributed by atoms with van der Waals surface area (Å²) in [5.74, 6) is 0. The SMILES string of the molecule is CC1(C)OB(c2cc(Cl)c(I)c(Br)c2)OC1(C)C. The summed E-state index contributed by atoms with van der Waals surface area (Å²) in [5, 5.41) is 0.703. The van der Waals surface area contributed by atoms with E-state index in [-0.39, 0.29) is 18.3 Å². The van der Waals surface area contributed by atoms with Crippen LogP contribution in [0.3, 0.4) is 0 Å². The van der Waals surface area contributed by atoms with Crippen molar-refractivity contribution in [1.82, 2.24) is 0 Å². The molecule has 1 aromatic carbocycles. The van der Waals surface area contributed by atoms with Crippen molar-refractivity contribution >= 4 is 62.7 Å². The van der Waals surface area contributed by atoms with E-state index in [0.717, 1.165) is 13.5 Å². The van der Waals surface area contributed by atoms with Crippen molar-refractivity contribution < 1.29 is 9.31 Å². The molecule has 2 nitrogen and oxygen atoms in total. The molecule has 0 unspecified atom stereocenters. The smallest absolute Gasteiger partial charge is 0.399 e. The van der Waals surface area contributed by atoms with Crippen LogP contribution in [0, 0.1) is 3.57 Å². The Kier molecular flexibility index (Phi) is 4.12. The molecule has 0 bridgehead atoms. The largest absolute Gasteiger partial charge is 0.494 e. The highest BCUT2D eigenvalue weighted by Crippen LogP contribution is 2.37. The highest BCUT2D eigenvalue weighted by molar-refractivity contribution is 14.1. The van der Waals surface area contributed by atoms with Crippen molar-refractivity contribution in [1.29, 1.82) is 0 Å². The normalized spacial score (nSPS) is 21.4. The Morgan fingerprint density at radius 2 is 1.67 bits per heavy atom. The van der Waals surface area contributed by atoms with Gasteiger partial charge < -0.3 is 9.31 Å². The Morgan fingerprint density at radius 3 is 2.11 bits per heavy atom. The molecule has 2 rings (SSSR count). The zero-order valence-corrected chi connectivity index (χ0v) is 15.2. The van der Waals surface area contributed by atoms with Gasteiger partial charge in [-0.1, -0.05) is 11.6 Å². The van der Waals surface area contributed by atoms with Gasteiger partial charge in [-0.25, -0.2) is 0 Å². The first-order valence-corrected chi connectivity index (χ1v) is 7.89. The van der Waals surface area contributed by atoms with Crippen LogP contribution in [-0.4, -0.2) is 18.3 Å². The lowest BCUT2D eigenvalue weighted by Gasteiger charge is -2.32. The number of hydrogen-bond acceptors (Lipinski definition) is 2. The third kappa shape index (κ3) is 2.61. The maximum atomic E-state index is 6.19. The molecule has 18 heavy (non-hydrogen) atoms. The molecule has 1 aromatic rings. The minimum atomic E-state index is -0.374. The van der Waals surface area contributed by atoms with Crippen LogP contribution in [0.1, 0.15) is 27.7 Å². The van der Waals surface area contributed by atoms with E-state index >= 15 is 0 Å². The van der Waals surface area contributed by atoms with Crippen LogP contribution >= 0.6 is 50.1 Å². The molecule has 98 valence electrons. The molecule has 1 aliphatic rings. The van der Waals surface area contributed by atoms with E-state index in [1.807, 2.05) is 39.8 Å². The summed E-state index contributed by atoms with van der Waals surface area (Å²) >= 11 is 11.9.